The van der Waals surface area contributed by atoms with Crippen molar-refractivity contribution >= 4 is 21.9 Å². The summed E-state index contributed by atoms with van der Waals surface area (Å²) in [6.07, 6.45) is 7.28. The Balaban J connectivity index is 2.30. The van der Waals surface area contributed by atoms with Crippen molar-refractivity contribution in [3.8, 4) is 5.75 Å². The molecule has 0 fully saturated rings. The van der Waals surface area contributed by atoms with Crippen molar-refractivity contribution in [2.45, 2.75) is 45.4 Å². The first-order chi connectivity index (χ1) is 9.15. The topological polar surface area (TPSA) is 46.5 Å². The van der Waals surface area contributed by atoms with E-state index in [4.69, 9.17) is 9.84 Å². The number of hydrogen-bond donors (Lipinski definition) is 1. The first kappa shape index (κ1) is 16.0. The molecule has 1 rings (SSSR count). The van der Waals surface area contributed by atoms with Crippen LogP contribution in [0.25, 0.3) is 0 Å². The normalized spacial score (nSPS) is 10.4. The summed E-state index contributed by atoms with van der Waals surface area (Å²) in [5, 5.41) is 9.00. The van der Waals surface area contributed by atoms with Gasteiger partial charge >= 0.3 is 5.97 Å². The van der Waals surface area contributed by atoms with Crippen LogP contribution in [0.2, 0.25) is 0 Å². The van der Waals surface area contributed by atoms with Crippen molar-refractivity contribution in [2.24, 2.45) is 0 Å². The van der Waals surface area contributed by atoms with Crippen LogP contribution in [-0.2, 0) is 0 Å². The molecule has 0 aromatic heterocycles. The zero-order valence-corrected chi connectivity index (χ0v) is 12.9. The van der Waals surface area contributed by atoms with E-state index in [9.17, 15) is 4.79 Å². The largest absolute Gasteiger partial charge is 0.494 e. The summed E-state index contributed by atoms with van der Waals surface area (Å²) >= 11 is 3.21. The van der Waals surface area contributed by atoms with E-state index in [0.29, 0.717) is 16.8 Å². The summed E-state index contributed by atoms with van der Waals surface area (Å²) in [7, 11) is 0. The van der Waals surface area contributed by atoms with Gasteiger partial charge in [0.2, 0.25) is 0 Å². The predicted octanol–water partition coefficient (Wildman–Crippen LogP) is 4.89. The number of carboxylic acid groups (broad SMARTS) is 1. The van der Waals surface area contributed by atoms with Gasteiger partial charge in [-0.15, -0.1) is 0 Å². The number of hydrogen-bond acceptors (Lipinski definition) is 2. The van der Waals surface area contributed by atoms with Gasteiger partial charge in [0.25, 0.3) is 0 Å². The van der Waals surface area contributed by atoms with Gasteiger partial charge in [0, 0.05) is 4.47 Å². The van der Waals surface area contributed by atoms with E-state index >= 15 is 0 Å². The Kier molecular flexibility index (Phi) is 7.56. The smallest absolute Gasteiger partial charge is 0.336 e. The van der Waals surface area contributed by atoms with Crippen LogP contribution < -0.4 is 4.74 Å². The fraction of sp³-hybridized carbons (Fsp3) is 0.533. The maximum Gasteiger partial charge on any atom is 0.336 e. The highest BCUT2D eigenvalue weighted by Crippen LogP contribution is 2.22. The molecular weight excluding hydrogens is 308 g/mol. The van der Waals surface area contributed by atoms with Crippen molar-refractivity contribution in [3.05, 3.63) is 28.2 Å². The zero-order chi connectivity index (χ0) is 14.1. The third kappa shape index (κ3) is 6.10. The number of rotatable bonds is 9. The number of halogens is 1. The summed E-state index contributed by atoms with van der Waals surface area (Å²) in [5.74, 6) is -0.328. The van der Waals surface area contributed by atoms with Gasteiger partial charge in [0.1, 0.15) is 5.75 Å². The molecule has 0 saturated heterocycles. The SMILES string of the molecule is CCCCCCCCOc1ccc(Br)c(C(=O)O)c1. The highest BCUT2D eigenvalue weighted by Gasteiger charge is 2.09. The summed E-state index contributed by atoms with van der Waals surface area (Å²) in [6, 6.07) is 5.05. The second-order valence-electron chi connectivity index (χ2n) is 4.56. The minimum Gasteiger partial charge on any atom is -0.494 e. The lowest BCUT2D eigenvalue weighted by molar-refractivity contribution is 0.0695. The molecule has 0 aliphatic rings. The predicted molar refractivity (Wildman–Crippen MR) is 80.0 cm³/mol. The number of unbranched alkanes of at least 4 members (excludes halogenated alkanes) is 5. The van der Waals surface area contributed by atoms with Gasteiger partial charge in [-0.05, 0) is 40.5 Å². The molecule has 4 heteroatoms. The molecule has 0 radical (unpaired) electrons. The van der Waals surface area contributed by atoms with Crippen LogP contribution >= 0.6 is 15.9 Å². The van der Waals surface area contributed by atoms with Crippen LogP contribution in [-0.4, -0.2) is 17.7 Å². The molecule has 0 amide bonds. The molecular formula is C15H21BrO3. The molecule has 0 heterocycles. The van der Waals surface area contributed by atoms with Crippen LogP contribution in [0.1, 0.15) is 55.8 Å². The standard InChI is InChI=1S/C15H21BrO3/c1-2-3-4-5-6-7-10-19-12-8-9-14(16)13(11-12)15(17)18/h8-9,11H,2-7,10H2,1H3,(H,17,18). The molecule has 0 spiro atoms. The Bertz CT molecular complexity index is 404. The number of carbonyl (C=O) groups is 1. The lowest BCUT2D eigenvalue weighted by Crippen LogP contribution is -2.01. The first-order valence-electron chi connectivity index (χ1n) is 6.80. The molecule has 0 bridgehead atoms. The van der Waals surface area contributed by atoms with Crippen molar-refractivity contribution in [2.75, 3.05) is 6.61 Å². The van der Waals surface area contributed by atoms with E-state index in [2.05, 4.69) is 22.9 Å². The van der Waals surface area contributed by atoms with Crippen molar-refractivity contribution in [1.29, 1.82) is 0 Å². The summed E-state index contributed by atoms with van der Waals surface area (Å²) in [6.45, 7) is 2.85. The maximum absolute atomic E-state index is 11.0. The van der Waals surface area contributed by atoms with Gasteiger partial charge in [0.05, 0.1) is 12.2 Å². The van der Waals surface area contributed by atoms with Crippen molar-refractivity contribution < 1.29 is 14.6 Å². The van der Waals surface area contributed by atoms with Crippen LogP contribution in [0.4, 0.5) is 0 Å². The summed E-state index contributed by atoms with van der Waals surface area (Å²) in [4.78, 5) is 11.0. The number of benzene rings is 1. The molecule has 0 unspecified atom stereocenters. The van der Waals surface area contributed by atoms with Crippen LogP contribution in [0, 0.1) is 0 Å². The van der Waals surface area contributed by atoms with E-state index in [1.807, 2.05) is 0 Å². The second kappa shape index (κ2) is 8.97. The molecule has 1 N–H and O–H groups in total. The molecule has 0 aliphatic carbocycles. The highest BCUT2D eigenvalue weighted by atomic mass is 79.9. The van der Waals surface area contributed by atoms with E-state index < -0.39 is 5.97 Å². The lowest BCUT2D eigenvalue weighted by Gasteiger charge is -2.08. The fourth-order valence-corrected chi connectivity index (χ4v) is 2.25. The van der Waals surface area contributed by atoms with E-state index in [-0.39, 0.29) is 5.56 Å². The van der Waals surface area contributed by atoms with Crippen LogP contribution in [0.15, 0.2) is 22.7 Å². The van der Waals surface area contributed by atoms with Gasteiger partial charge in [-0.25, -0.2) is 4.79 Å². The van der Waals surface area contributed by atoms with Gasteiger partial charge < -0.3 is 9.84 Å². The van der Waals surface area contributed by atoms with E-state index in [0.717, 1.165) is 6.42 Å². The van der Waals surface area contributed by atoms with Crippen molar-refractivity contribution in [3.63, 3.8) is 0 Å². The Morgan fingerprint density at radius 1 is 1.21 bits per heavy atom. The quantitative estimate of drug-likeness (QED) is 0.656. The van der Waals surface area contributed by atoms with Gasteiger partial charge in [-0.1, -0.05) is 39.0 Å². The molecule has 106 valence electrons. The van der Waals surface area contributed by atoms with Gasteiger partial charge in [-0.3, -0.25) is 0 Å². The summed E-state index contributed by atoms with van der Waals surface area (Å²) in [5.41, 5.74) is 0.237. The van der Waals surface area contributed by atoms with E-state index in [1.165, 1.54) is 32.1 Å². The molecule has 1 aromatic carbocycles. The van der Waals surface area contributed by atoms with Gasteiger partial charge in [-0.2, -0.15) is 0 Å². The zero-order valence-electron chi connectivity index (χ0n) is 11.3. The summed E-state index contributed by atoms with van der Waals surface area (Å²) < 4.78 is 6.15. The Labute approximate surface area is 123 Å². The van der Waals surface area contributed by atoms with Gasteiger partial charge in [0.15, 0.2) is 0 Å². The average Bonchev–Trinajstić information content (AvgIpc) is 2.39. The molecule has 19 heavy (non-hydrogen) atoms. The minimum atomic E-state index is -0.947. The number of carboxylic acids is 1. The third-order valence-corrected chi connectivity index (χ3v) is 3.63. The molecule has 0 atom stereocenters. The third-order valence-electron chi connectivity index (χ3n) is 2.93. The average molecular weight is 329 g/mol. The monoisotopic (exact) mass is 328 g/mol. The Morgan fingerprint density at radius 3 is 2.58 bits per heavy atom. The molecule has 1 aromatic rings. The number of aromatic carboxylic acids is 1. The van der Waals surface area contributed by atoms with Crippen molar-refractivity contribution in [1.82, 2.24) is 0 Å². The second-order valence-corrected chi connectivity index (χ2v) is 5.42. The Hall–Kier alpha value is -1.03. The highest BCUT2D eigenvalue weighted by molar-refractivity contribution is 9.10. The molecule has 0 aliphatic heterocycles. The minimum absolute atomic E-state index is 0.237. The first-order valence-corrected chi connectivity index (χ1v) is 7.60. The number of ether oxygens (including phenoxy) is 1. The van der Waals surface area contributed by atoms with E-state index in [1.54, 1.807) is 18.2 Å². The lowest BCUT2D eigenvalue weighted by atomic mass is 10.1. The fourth-order valence-electron chi connectivity index (χ4n) is 1.83. The van der Waals surface area contributed by atoms with Crippen LogP contribution in [0.5, 0.6) is 5.75 Å². The maximum atomic E-state index is 11.0. The molecule has 0 saturated carbocycles. The molecule has 3 nitrogen and oxygen atoms in total. The van der Waals surface area contributed by atoms with Crippen LogP contribution in [0.3, 0.4) is 0 Å². The Morgan fingerprint density at radius 2 is 1.89 bits per heavy atom.